The summed E-state index contributed by atoms with van der Waals surface area (Å²) in [4.78, 5) is 12.4. The van der Waals surface area contributed by atoms with E-state index in [0.29, 0.717) is 11.8 Å². The number of aromatic amines is 1. The molecule has 0 amide bonds. The molecule has 0 atom stereocenters. The lowest BCUT2D eigenvalue weighted by Gasteiger charge is -2.07. The second kappa shape index (κ2) is 6.53. The molecule has 0 aliphatic carbocycles. The Morgan fingerprint density at radius 3 is 2.35 bits per heavy atom. The van der Waals surface area contributed by atoms with Crippen molar-refractivity contribution in [2.75, 3.05) is 0 Å². The van der Waals surface area contributed by atoms with Crippen LogP contribution in [0.3, 0.4) is 0 Å². The Morgan fingerprint density at radius 1 is 1.04 bits per heavy atom. The Morgan fingerprint density at radius 2 is 1.78 bits per heavy atom. The van der Waals surface area contributed by atoms with Crippen molar-refractivity contribution >= 4 is 11.3 Å². The molecule has 1 aromatic carbocycles. The molecule has 0 saturated carbocycles. The molecule has 120 valence electrons. The SMILES string of the molecule is CC(C)C1=NC=C(c2ccc(Cc3cnc(C(C)C)[nH]3)cc2)C1. The van der Waals surface area contributed by atoms with E-state index in [1.807, 2.05) is 12.4 Å². The predicted octanol–water partition coefficient (Wildman–Crippen LogP) is 4.97. The van der Waals surface area contributed by atoms with Gasteiger partial charge in [0, 0.05) is 42.6 Å². The molecule has 3 nitrogen and oxygen atoms in total. The Bertz CT molecular complexity index is 731. The minimum absolute atomic E-state index is 0.440. The first-order chi connectivity index (χ1) is 11.0. The summed E-state index contributed by atoms with van der Waals surface area (Å²) in [5, 5.41) is 0. The van der Waals surface area contributed by atoms with Crippen LogP contribution in [0.15, 0.2) is 41.7 Å². The summed E-state index contributed by atoms with van der Waals surface area (Å²) in [5.74, 6) is 2.03. The van der Waals surface area contributed by atoms with E-state index < -0.39 is 0 Å². The Kier molecular flexibility index (Phi) is 4.46. The lowest BCUT2D eigenvalue weighted by Crippen LogP contribution is -2.04. The predicted molar refractivity (Wildman–Crippen MR) is 96.8 cm³/mol. The van der Waals surface area contributed by atoms with Crippen molar-refractivity contribution in [1.82, 2.24) is 9.97 Å². The zero-order chi connectivity index (χ0) is 16.4. The molecule has 3 heteroatoms. The quantitative estimate of drug-likeness (QED) is 0.833. The van der Waals surface area contributed by atoms with Crippen molar-refractivity contribution in [3.63, 3.8) is 0 Å². The van der Waals surface area contributed by atoms with Crippen LogP contribution in [0.5, 0.6) is 0 Å². The van der Waals surface area contributed by atoms with Crippen molar-refractivity contribution in [2.45, 2.75) is 46.5 Å². The van der Waals surface area contributed by atoms with Gasteiger partial charge in [0.15, 0.2) is 0 Å². The van der Waals surface area contributed by atoms with Gasteiger partial charge in [0.25, 0.3) is 0 Å². The fraction of sp³-hybridized carbons (Fsp3) is 0.400. The van der Waals surface area contributed by atoms with E-state index >= 15 is 0 Å². The molecule has 1 aliphatic rings. The van der Waals surface area contributed by atoms with E-state index in [2.05, 4.69) is 66.9 Å². The van der Waals surface area contributed by atoms with Crippen LogP contribution in [0.4, 0.5) is 0 Å². The zero-order valence-corrected chi connectivity index (χ0v) is 14.4. The van der Waals surface area contributed by atoms with E-state index in [0.717, 1.165) is 18.7 Å². The highest BCUT2D eigenvalue weighted by molar-refractivity contribution is 5.99. The summed E-state index contributed by atoms with van der Waals surface area (Å²) in [6.07, 6.45) is 5.85. The van der Waals surface area contributed by atoms with Gasteiger partial charge in [0.2, 0.25) is 0 Å². The molecule has 0 fully saturated rings. The molecule has 23 heavy (non-hydrogen) atoms. The summed E-state index contributed by atoms with van der Waals surface area (Å²) in [6.45, 7) is 8.71. The van der Waals surface area contributed by atoms with Gasteiger partial charge in [-0.2, -0.15) is 0 Å². The third-order valence-electron chi connectivity index (χ3n) is 4.34. The second-order valence-electron chi connectivity index (χ2n) is 6.93. The van der Waals surface area contributed by atoms with Gasteiger partial charge in [-0.3, -0.25) is 4.99 Å². The van der Waals surface area contributed by atoms with Gasteiger partial charge in [-0.1, -0.05) is 52.0 Å². The van der Waals surface area contributed by atoms with Gasteiger partial charge in [-0.15, -0.1) is 0 Å². The fourth-order valence-corrected chi connectivity index (χ4v) is 2.79. The number of aromatic nitrogens is 2. The van der Waals surface area contributed by atoms with Crippen LogP contribution < -0.4 is 0 Å². The van der Waals surface area contributed by atoms with Gasteiger partial charge < -0.3 is 4.98 Å². The average molecular weight is 307 g/mol. The topological polar surface area (TPSA) is 41.0 Å². The van der Waals surface area contributed by atoms with E-state index in [1.54, 1.807) is 0 Å². The molecular weight excluding hydrogens is 282 g/mol. The first-order valence-corrected chi connectivity index (χ1v) is 8.41. The van der Waals surface area contributed by atoms with E-state index in [1.165, 1.54) is 28.1 Å². The van der Waals surface area contributed by atoms with Crippen LogP contribution in [0, 0.1) is 5.92 Å². The monoisotopic (exact) mass is 307 g/mol. The van der Waals surface area contributed by atoms with Gasteiger partial charge in [-0.05, 0) is 22.6 Å². The number of benzene rings is 1. The number of imidazole rings is 1. The largest absolute Gasteiger partial charge is 0.345 e. The van der Waals surface area contributed by atoms with Crippen LogP contribution in [0.2, 0.25) is 0 Å². The molecule has 0 bridgehead atoms. The minimum atomic E-state index is 0.440. The van der Waals surface area contributed by atoms with Crippen molar-refractivity contribution in [1.29, 1.82) is 0 Å². The molecule has 2 aromatic rings. The molecule has 1 aliphatic heterocycles. The highest BCUT2D eigenvalue weighted by atomic mass is 14.9. The minimum Gasteiger partial charge on any atom is -0.345 e. The number of nitrogens with zero attached hydrogens (tertiary/aromatic N) is 2. The standard InChI is InChI=1S/C20H25N3/c1-13(2)19-10-17(11-21-19)16-7-5-15(6-8-16)9-18-12-22-20(23-18)14(3)4/h5-8,11-14H,9-10H2,1-4H3,(H,22,23). The lowest BCUT2D eigenvalue weighted by molar-refractivity contribution is 0.790. The maximum Gasteiger partial charge on any atom is 0.108 e. The summed E-state index contributed by atoms with van der Waals surface area (Å²) in [7, 11) is 0. The number of rotatable bonds is 5. The second-order valence-corrected chi connectivity index (χ2v) is 6.93. The van der Waals surface area contributed by atoms with Crippen molar-refractivity contribution in [3.8, 4) is 0 Å². The Balaban J connectivity index is 1.66. The Labute approximate surface area is 138 Å². The lowest BCUT2D eigenvalue weighted by atomic mass is 9.97. The normalized spacial score (nSPS) is 14.5. The zero-order valence-electron chi connectivity index (χ0n) is 14.4. The number of nitrogens with one attached hydrogen (secondary N) is 1. The summed E-state index contributed by atoms with van der Waals surface area (Å²) >= 11 is 0. The molecule has 0 radical (unpaired) electrons. The molecule has 0 spiro atoms. The van der Waals surface area contributed by atoms with Crippen molar-refractivity contribution in [2.24, 2.45) is 10.9 Å². The van der Waals surface area contributed by atoms with Gasteiger partial charge in [0.05, 0.1) is 0 Å². The summed E-state index contributed by atoms with van der Waals surface area (Å²) in [6, 6.07) is 8.83. The van der Waals surface area contributed by atoms with E-state index in [9.17, 15) is 0 Å². The molecule has 1 N–H and O–H groups in total. The molecular formula is C20H25N3. The Hall–Kier alpha value is -2.16. The third kappa shape index (κ3) is 3.61. The van der Waals surface area contributed by atoms with Gasteiger partial charge in [-0.25, -0.2) is 4.98 Å². The van der Waals surface area contributed by atoms with E-state index in [4.69, 9.17) is 0 Å². The third-order valence-corrected chi connectivity index (χ3v) is 4.34. The average Bonchev–Trinajstić information content (AvgIpc) is 3.17. The van der Waals surface area contributed by atoms with Crippen LogP contribution in [0.25, 0.3) is 5.57 Å². The van der Waals surface area contributed by atoms with Crippen LogP contribution in [-0.2, 0) is 6.42 Å². The number of H-pyrrole nitrogens is 1. The molecule has 0 unspecified atom stereocenters. The van der Waals surface area contributed by atoms with Crippen LogP contribution in [0.1, 0.15) is 62.7 Å². The highest BCUT2D eigenvalue weighted by Crippen LogP contribution is 2.26. The maximum absolute atomic E-state index is 4.54. The smallest absolute Gasteiger partial charge is 0.108 e. The molecule has 3 rings (SSSR count). The molecule has 0 saturated heterocycles. The van der Waals surface area contributed by atoms with Gasteiger partial charge >= 0.3 is 0 Å². The van der Waals surface area contributed by atoms with Crippen LogP contribution >= 0.6 is 0 Å². The maximum atomic E-state index is 4.54. The number of hydrogen-bond donors (Lipinski definition) is 1. The molecule has 2 heterocycles. The van der Waals surface area contributed by atoms with Gasteiger partial charge in [0.1, 0.15) is 5.82 Å². The van der Waals surface area contributed by atoms with Crippen molar-refractivity contribution in [3.05, 3.63) is 59.3 Å². The van der Waals surface area contributed by atoms with E-state index in [-0.39, 0.29) is 0 Å². The fourth-order valence-electron chi connectivity index (χ4n) is 2.79. The van der Waals surface area contributed by atoms with Crippen molar-refractivity contribution < 1.29 is 0 Å². The number of hydrogen-bond acceptors (Lipinski definition) is 2. The summed E-state index contributed by atoms with van der Waals surface area (Å²) in [5.41, 5.74) is 6.36. The highest BCUT2D eigenvalue weighted by Gasteiger charge is 2.14. The first kappa shape index (κ1) is 15.7. The first-order valence-electron chi connectivity index (χ1n) is 8.41. The number of aliphatic imine (C=N–C) groups is 1. The molecule has 1 aromatic heterocycles. The summed E-state index contributed by atoms with van der Waals surface area (Å²) < 4.78 is 0. The van der Waals surface area contributed by atoms with Crippen LogP contribution in [-0.4, -0.2) is 15.7 Å². The number of allylic oxidation sites excluding steroid dienone is 1.